The van der Waals surface area contributed by atoms with Crippen LogP contribution in [0, 0.1) is 0 Å². The van der Waals surface area contributed by atoms with Crippen molar-refractivity contribution in [3.05, 3.63) is 0 Å². The van der Waals surface area contributed by atoms with Gasteiger partial charge in [-0.1, -0.05) is 26.2 Å². The molecule has 0 radical (unpaired) electrons. The zero-order chi connectivity index (χ0) is 15.3. The number of hydrogen-bond acceptors (Lipinski definition) is 4. The molecule has 0 aromatic rings. The van der Waals surface area contributed by atoms with Crippen LogP contribution in [0.4, 0.5) is 4.79 Å². The van der Waals surface area contributed by atoms with Gasteiger partial charge in [-0.2, -0.15) is 0 Å². The normalized spacial score (nSPS) is 22.9. The number of aliphatic carboxylic acids is 1. The van der Waals surface area contributed by atoms with Crippen molar-refractivity contribution in [3.63, 3.8) is 0 Å². The molecule has 5 nitrogen and oxygen atoms in total. The second kappa shape index (κ2) is 7.20. The minimum Gasteiger partial charge on any atom is -0.480 e. The molecule has 2 atom stereocenters. The number of hydrogen-bond donors (Lipinski definition) is 1. The van der Waals surface area contributed by atoms with Gasteiger partial charge in [-0.05, 0) is 27.2 Å². The first kappa shape index (κ1) is 17.1. The Morgan fingerprint density at radius 3 is 2.50 bits per heavy atom. The Morgan fingerprint density at radius 2 is 2.00 bits per heavy atom. The maximum absolute atomic E-state index is 12.2. The van der Waals surface area contributed by atoms with Gasteiger partial charge in [0.05, 0.1) is 5.37 Å². The van der Waals surface area contributed by atoms with Crippen LogP contribution < -0.4 is 0 Å². The van der Waals surface area contributed by atoms with Crippen molar-refractivity contribution in [1.82, 2.24) is 4.90 Å². The van der Waals surface area contributed by atoms with Gasteiger partial charge in [0.2, 0.25) is 0 Å². The molecule has 1 rings (SSSR count). The summed E-state index contributed by atoms with van der Waals surface area (Å²) in [6.07, 6.45) is 3.50. The number of carboxylic acid groups (broad SMARTS) is 1. The van der Waals surface area contributed by atoms with Gasteiger partial charge in [0.1, 0.15) is 11.6 Å². The molecule has 0 aromatic heterocycles. The van der Waals surface area contributed by atoms with Crippen LogP contribution in [-0.4, -0.2) is 44.8 Å². The topological polar surface area (TPSA) is 66.8 Å². The molecule has 0 spiro atoms. The quantitative estimate of drug-likeness (QED) is 0.789. The molecule has 1 aliphatic heterocycles. The highest BCUT2D eigenvalue weighted by Gasteiger charge is 2.43. The molecule has 1 N–H and O–H groups in total. The summed E-state index contributed by atoms with van der Waals surface area (Å²) in [6, 6.07) is -0.776. The summed E-state index contributed by atoms with van der Waals surface area (Å²) in [5.74, 6) is -0.521. The smallest absolute Gasteiger partial charge is 0.411 e. The third-order valence-corrected chi connectivity index (χ3v) is 4.39. The molecule has 0 aromatic carbocycles. The van der Waals surface area contributed by atoms with Gasteiger partial charge in [0, 0.05) is 5.75 Å². The molecule has 6 heteroatoms. The molecule has 1 fully saturated rings. The Balaban J connectivity index is 2.75. The Hall–Kier alpha value is -0.910. The van der Waals surface area contributed by atoms with E-state index in [-0.39, 0.29) is 5.37 Å². The second-order valence-corrected chi connectivity index (χ2v) is 7.24. The molecule has 0 bridgehead atoms. The largest absolute Gasteiger partial charge is 0.480 e. The number of rotatable bonds is 5. The van der Waals surface area contributed by atoms with Crippen LogP contribution in [0.15, 0.2) is 0 Å². The molecule has 0 saturated carbocycles. The SMILES string of the molecule is CCCCCC1SCC(C(=O)O)N1C(=O)OC(C)(C)C. The first-order valence-corrected chi connectivity index (χ1v) is 8.17. The van der Waals surface area contributed by atoms with E-state index in [1.54, 1.807) is 20.8 Å². The Labute approximate surface area is 125 Å². The summed E-state index contributed by atoms with van der Waals surface area (Å²) in [6.45, 7) is 7.48. The number of nitrogens with zero attached hydrogens (tertiary/aromatic N) is 1. The van der Waals surface area contributed by atoms with Crippen LogP contribution >= 0.6 is 11.8 Å². The molecule has 1 heterocycles. The van der Waals surface area contributed by atoms with Gasteiger partial charge >= 0.3 is 12.1 Å². The van der Waals surface area contributed by atoms with Crippen molar-refractivity contribution >= 4 is 23.8 Å². The first-order valence-electron chi connectivity index (χ1n) is 7.12. The van der Waals surface area contributed by atoms with Crippen molar-refractivity contribution < 1.29 is 19.4 Å². The van der Waals surface area contributed by atoms with E-state index in [4.69, 9.17) is 4.74 Å². The number of carbonyl (C=O) groups is 2. The summed E-state index contributed by atoms with van der Waals surface area (Å²) in [5.41, 5.74) is -0.610. The zero-order valence-electron chi connectivity index (χ0n) is 12.7. The first-order chi connectivity index (χ1) is 9.26. The van der Waals surface area contributed by atoms with Crippen LogP contribution in [0.2, 0.25) is 0 Å². The lowest BCUT2D eigenvalue weighted by atomic mass is 10.2. The van der Waals surface area contributed by atoms with E-state index in [1.807, 2.05) is 0 Å². The summed E-state index contributed by atoms with van der Waals surface area (Å²) < 4.78 is 5.35. The van der Waals surface area contributed by atoms with Gasteiger partial charge in [-0.15, -0.1) is 11.8 Å². The Morgan fingerprint density at radius 1 is 1.35 bits per heavy atom. The lowest BCUT2D eigenvalue weighted by molar-refractivity contribution is -0.142. The lowest BCUT2D eigenvalue weighted by Crippen LogP contribution is -2.47. The molecular weight excluding hydrogens is 278 g/mol. The summed E-state index contributed by atoms with van der Waals surface area (Å²) in [5, 5.41) is 9.17. The van der Waals surface area contributed by atoms with E-state index in [1.165, 1.54) is 16.7 Å². The van der Waals surface area contributed by atoms with E-state index < -0.39 is 23.7 Å². The van der Waals surface area contributed by atoms with E-state index in [2.05, 4.69) is 6.92 Å². The molecule has 1 aliphatic rings. The fourth-order valence-corrected chi connectivity index (χ4v) is 3.54. The highest BCUT2D eigenvalue weighted by Crippen LogP contribution is 2.34. The minimum absolute atomic E-state index is 0.0856. The summed E-state index contributed by atoms with van der Waals surface area (Å²) in [4.78, 5) is 25.0. The predicted molar refractivity (Wildman–Crippen MR) is 79.9 cm³/mol. The molecule has 116 valence electrons. The molecule has 1 amide bonds. The number of thioether (sulfide) groups is 1. The number of carbonyl (C=O) groups excluding carboxylic acids is 1. The highest BCUT2D eigenvalue weighted by atomic mass is 32.2. The average molecular weight is 303 g/mol. The molecule has 1 saturated heterocycles. The van der Waals surface area contributed by atoms with Gasteiger partial charge in [0.25, 0.3) is 0 Å². The third-order valence-electron chi connectivity index (χ3n) is 3.04. The summed E-state index contributed by atoms with van der Waals surface area (Å²) in [7, 11) is 0. The minimum atomic E-state index is -0.957. The van der Waals surface area contributed by atoms with Gasteiger partial charge in [-0.25, -0.2) is 9.59 Å². The van der Waals surface area contributed by atoms with Crippen molar-refractivity contribution in [2.75, 3.05) is 5.75 Å². The molecular formula is C14H25NO4S. The fraction of sp³-hybridized carbons (Fsp3) is 0.857. The second-order valence-electron chi connectivity index (χ2n) is 6.03. The molecule has 0 aliphatic carbocycles. The van der Waals surface area contributed by atoms with E-state index in [9.17, 15) is 14.7 Å². The number of carboxylic acids is 1. The van der Waals surface area contributed by atoms with Gasteiger partial charge in [0.15, 0.2) is 0 Å². The van der Waals surface area contributed by atoms with Crippen molar-refractivity contribution in [2.24, 2.45) is 0 Å². The van der Waals surface area contributed by atoms with Gasteiger partial charge < -0.3 is 9.84 Å². The van der Waals surface area contributed by atoms with Crippen molar-refractivity contribution in [1.29, 1.82) is 0 Å². The monoisotopic (exact) mass is 303 g/mol. The maximum Gasteiger partial charge on any atom is 0.411 e. The van der Waals surface area contributed by atoms with E-state index in [0.717, 1.165) is 25.7 Å². The lowest BCUT2D eigenvalue weighted by Gasteiger charge is -2.30. The van der Waals surface area contributed by atoms with Crippen LogP contribution in [0.3, 0.4) is 0 Å². The zero-order valence-corrected chi connectivity index (χ0v) is 13.5. The van der Waals surface area contributed by atoms with Crippen LogP contribution in [0.25, 0.3) is 0 Å². The number of unbranched alkanes of at least 4 members (excludes halogenated alkanes) is 2. The standard InChI is InChI=1S/C14H25NO4S/c1-5-6-7-8-11-15(10(9-20-11)12(16)17)13(18)19-14(2,3)4/h10-11H,5-9H2,1-4H3,(H,16,17). The highest BCUT2D eigenvalue weighted by molar-refractivity contribution is 8.00. The maximum atomic E-state index is 12.2. The Bertz CT molecular complexity index is 354. The van der Waals surface area contributed by atoms with E-state index in [0.29, 0.717) is 5.75 Å². The average Bonchev–Trinajstić information content (AvgIpc) is 2.71. The Kier molecular flexibility index (Phi) is 6.17. The number of amides is 1. The van der Waals surface area contributed by atoms with E-state index >= 15 is 0 Å². The number of ether oxygens (including phenoxy) is 1. The molecule has 20 heavy (non-hydrogen) atoms. The van der Waals surface area contributed by atoms with Crippen molar-refractivity contribution in [3.8, 4) is 0 Å². The third kappa shape index (κ3) is 4.89. The van der Waals surface area contributed by atoms with Crippen LogP contribution in [0.5, 0.6) is 0 Å². The van der Waals surface area contributed by atoms with Gasteiger partial charge in [-0.3, -0.25) is 4.90 Å². The van der Waals surface area contributed by atoms with Crippen LogP contribution in [0.1, 0.15) is 53.4 Å². The molecule has 2 unspecified atom stereocenters. The van der Waals surface area contributed by atoms with Crippen LogP contribution in [-0.2, 0) is 9.53 Å². The summed E-state index contributed by atoms with van der Waals surface area (Å²) >= 11 is 1.54. The van der Waals surface area contributed by atoms with Crippen molar-refractivity contribution in [2.45, 2.75) is 70.4 Å². The predicted octanol–water partition coefficient (Wildman–Crippen LogP) is 3.33. The fourth-order valence-electron chi connectivity index (χ4n) is 2.10.